The lowest BCUT2D eigenvalue weighted by atomic mass is 10.3. The molecule has 3 N–H and O–H groups in total. The minimum atomic E-state index is -0.386. The van der Waals surface area contributed by atoms with E-state index < -0.39 is 0 Å². The van der Waals surface area contributed by atoms with Crippen molar-refractivity contribution in [1.82, 2.24) is 9.97 Å². The highest BCUT2D eigenvalue weighted by Gasteiger charge is 2.09. The Morgan fingerprint density at radius 3 is 2.87 bits per heavy atom. The lowest BCUT2D eigenvalue weighted by Gasteiger charge is -2.13. The summed E-state index contributed by atoms with van der Waals surface area (Å²) < 4.78 is 0. The molecule has 0 aromatic carbocycles. The van der Waals surface area contributed by atoms with E-state index in [1.165, 1.54) is 17.7 Å². The van der Waals surface area contributed by atoms with Crippen LogP contribution in [0.1, 0.15) is 0 Å². The Bertz CT molecular complexity index is 442. The van der Waals surface area contributed by atoms with E-state index in [-0.39, 0.29) is 19.3 Å². The van der Waals surface area contributed by atoms with Gasteiger partial charge in [0.25, 0.3) is 0 Å². The van der Waals surface area contributed by atoms with Gasteiger partial charge in [-0.1, -0.05) is 0 Å². The van der Waals surface area contributed by atoms with Gasteiger partial charge in [-0.2, -0.15) is 0 Å². The number of thiophene rings is 1. The van der Waals surface area contributed by atoms with Gasteiger partial charge in [0.15, 0.2) is 0 Å². The predicted molar refractivity (Wildman–Crippen MR) is 59.0 cm³/mol. The number of hydrogen-bond donors (Lipinski definition) is 3. The number of fused-ring (bicyclic) bond motifs is 1. The van der Waals surface area contributed by atoms with Crippen molar-refractivity contribution in [1.29, 1.82) is 0 Å². The second-order valence-corrected chi connectivity index (χ2v) is 3.96. The summed E-state index contributed by atoms with van der Waals surface area (Å²) in [6.45, 7) is -0.266. The van der Waals surface area contributed by atoms with Gasteiger partial charge in [0.1, 0.15) is 17.0 Å². The smallest absolute Gasteiger partial charge is 0.138 e. The van der Waals surface area contributed by atoms with Crippen molar-refractivity contribution >= 4 is 27.4 Å². The Morgan fingerprint density at radius 1 is 1.33 bits per heavy atom. The Kier molecular flexibility index (Phi) is 3.10. The first-order valence-corrected chi connectivity index (χ1v) is 5.39. The Labute approximate surface area is 90.4 Å². The summed E-state index contributed by atoms with van der Waals surface area (Å²) in [4.78, 5) is 9.07. The molecule has 0 aliphatic carbocycles. The SMILES string of the molecule is OCC(CO)Nc1ncnc2sccc12. The highest BCUT2D eigenvalue weighted by atomic mass is 32.1. The number of hydrogen-bond acceptors (Lipinski definition) is 6. The minimum absolute atomic E-state index is 0.133. The molecule has 0 aliphatic rings. The van der Waals surface area contributed by atoms with Gasteiger partial charge in [-0.05, 0) is 11.4 Å². The van der Waals surface area contributed by atoms with Gasteiger partial charge in [-0.3, -0.25) is 0 Å². The maximum atomic E-state index is 8.95. The minimum Gasteiger partial charge on any atom is -0.394 e. The van der Waals surface area contributed by atoms with Crippen LogP contribution in [-0.4, -0.2) is 39.4 Å². The molecule has 0 saturated carbocycles. The van der Waals surface area contributed by atoms with E-state index in [1.807, 2.05) is 11.4 Å². The lowest BCUT2D eigenvalue weighted by molar-refractivity contribution is 0.203. The topological polar surface area (TPSA) is 78.3 Å². The zero-order valence-corrected chi connectivity index (χ0v) is 8.74. The maximum absolute atomic E-state index is 8.95. The third-order valence-electron chi connectivity index (χ3n) is 2.04. The number of nitrogens with one attached hydrogen (secondary N) is 1. The summed E-state index contributed by atoms with van der Waals surface area (Å²) in [6, 6.07) is 1.52. The van der Waals surface area contributed by atoms with Crippen molar-refractivity contribution in [3.05, 3.63) is 17.8 Å². The van der Waals surface area contributed by atoms with E-state index in [4.69, 9.17) is 10.2 Å². The quantitative estimate of drug-likeness (QED) is 0.704. The molecule has 0 bridgehead atoms. The van der Waals surface area contributed by atoms with Crippen molar-refractivity contribution in [3.63, 3.8) is 0 Å². The normalized spacial score (nSPS) is 11.1. The molecule has 0 aliphatic heterocycles. The molecule has 0 fully saturated rings. The number of rotatable bonds is 4. The maximum Gasteiger partial charge on any atom is 0.138 e. The molecule has 2 rings (SSSR count). The van der Waals surface area contributed by atoms with Crippen LogP contribution >= 0.6 is 11.3 Å². The van der Waals surface area contributed by atoms with E-state index in [1.54, 1.807) is 0 Å². The van der Waals surface area contributed by atoms with Crippen LogP contribution in [0.5, 0.6) is 0 Å². The van der Waals surface area contributed by atoms with Gasteiger partial charge in [-0.15, -0.1) is 11.3 Å². The zero-order chi connectivity index (χ0) is 10.7. The molecule has 80 valence electrons. The van der Waals surface area contributed by atoms with Crippen LogP contribution in [0.15, 0.2) is 17.8 Å². The molecule has 0 unspecified atom stereocenters. The molecule has 0 atom stereocenters. The van der Waals surface area contributed by atoms with Gasteiger partial charge in [0, 0.05) is 0 Å². The van der Waals surface area contributed by atoms with Crippen LogP contribution in [0.3, 0.4) is 0 Å². The van der Waals surface area contributed by atoms with Crippen molar-refractivity contribution in [2.75, 3.05) is 18.5 Å². The van der Waals surface area contributed by atoms with Crippen molar-refractivity contribution in [2.24, 2.45) is 0 Å². The van der Waals surface area contributed by atoms with Crippen LogP contribution < -0.4 is 5.32 Å². The molecule has 5 nitrogen and oxygen atoms in total. The number of aromatic nitrogens is 2. The van der Waals surface area contributed by atoms with E-state index in [0.717, 1.165) is 10.2 Å². The fraction of sp³-hybridized carbons (Fsp3) is 0.333. The van der Waals surface area contributed by atoms with Crippen LogP contribution in [-0.2, 0) is 0 Å². The number of anilines is 1. The highest BCUT2D eigenvalue weighted by Crippen LogP contribution is 2.23. The zero-order valence-electron chi connectivity index (χ0n) is 7.92. The summed E-state index contributed by atoms with van der Waals surface area (Å²) >= 11 is 1.53. The second kappa shape index (κ2) is 4.52. The van der Waals surface area contributed by atoms with E-state index >= 15 is 0 Å². The van der Waals surface area contributed by atoms with E-state index in [9.17, 15) is 0 Å². The Balaban J connectivity index is 2.30. The molecule has 2 aromatic rings. The molecular weight excluding hydrogens is 214 g/mol. The Morgan fingerprint density at radius 2 is 2.13 bits per heavy atom. The molecular formula is C9H11N3O2S. The third-order valence-corrected chi connectivity index (χ3v) is 2.86. The monoisotopic (exact) mass is 225 g/mol. The molecule has 0 spiro atoms. The first-order chi connectivity index (χ1) is 7.35. The van der Waals surface area contributed by atoms with Crippen LogP contribution in [0.25, 0.3) is 10.2 Å². The summed E-state index contributed by atoms with van der Waals surface area (Å²) in [6.07, 6.45) is 1.47. The van der Waals surface area contributed by atoms with Gasteiger partial charge in [0.2, 0.25) is 0 Å². The van der Waals surface area contributed by atoms with Gasteiger partial charge in [0.05, 0.1) is 24.6 Å². The first-order valence-electron chi connectivity index (χ1n) is 4.51. The molecule has 0 amide bonds. The standard InChI is InChI=1S/C9H11N3O2S/c13-3-6(4-14)12-8-7-1-2-15-9(7)11-5-10-8/h1-2,5-6,13-14H,3-4H2,(H,10,11,12). The average molecular weight is 225 g/mol. The summed E-state index contributed by atoms with van der Waals surface area (Å²) in [5.74, 6) is 0.648. The lowest BCUT2D eigenvalue weighted by Crippen LogP contribution is -2.28. The van der Waals surface area contributed by atoms with Crippen molar-refractivity contribution in [2.45, 2.75) is 6.04 Å². The predicted octanol–water partition coefficient (Wildman–Crippen LogP) is 0.456. The molecule has 2 aromatic heterocycles. The molecule has 2 heterocycles. The largest absolute Gasteiger partial charge is 0.394 e. The summed E-state index contributed by atoms with van der Waals surface area (Å²) in [5, 5.41) is 23.7. The molecule has 0 radical (unpaired) electrons. The van der Waals surface area contributed by atoms with Gasteiger partial charge in [-0.25, -0.2) is 9.97 Å². The number of nitrogens with zero attached hydrogens (tertiary/aromatic N) is 2. The fourth-order valence-electron chi connectivity index (χ4n) is 1.25. The van der Waals surface area contributed by atoms with E-state index in [2.05, 4.69) is 15.3 Å². The van der Waals surface area contributed by atoms with Gasteiger partial charge >= 0.3 is 0 Å². The van der Waals surface area contributed by atoms with Crippen LogP contribution in [0.2, 0.25) is 0 Å². The molecule has 15 heavy (non-hydrogen) atoms. The molecule has 6 heteroatoms. The van der Waals surface area contributed by atoms with Crippen LogP contribution in [0.4, 0.5) is 5.82 Å². The van der Waals surface area contributed by atoms with Gasteiger partial charge < -0.3 is 15.5 Å². The number of aliphatic hydroxyl groups excluding tert-OH is 2. The summed E-state index contributed by atoms with van der Waals surface area (Å²) in [7, 11) is 0. The van der Waals surface area contributed by atoms with Crippen molar-refractivity contribution in [3.8, 4) is 0 Å². The summed E-state index contributed by atoms with van der Waals surface area (Å²) in [5.41, 5.74) is 0. The average Bonchev–Trinajstić information content (AvgIpc) is 2.74. The third kappa shape index (κ3) is 2.06. The second-order valence-electron chi connectivity index (χ2n) is 3.07. The fourth-order valence-corrected chi connectivity index (χ4v) is 1.98. The highest BCUT2D eigenvalue weighted by molar-refractivity contribution is 7.16. The van der Waals surface area contributed by atoms with Crippen molar-refractivity contribution < 1.29 is 10.2 Å². The first kappa shape index (κ1) is 10.3. The van der Waals surface area contributed by atoms with Crippen LogP contribution in [0, 0.1) is 0 Å². The van der Waals surface area contributed by atoms with E-state index in [0.29, 0.717) is 5.82 Å². The number of aliphatic hydroxyl groups is 2. The Hall–Kier alpha value is -1.24. The molecule has 0 saturated heterocycles.